The fourth-order valence-electron chi connectivity index (χ4n) is 2.10. The zero-order valence-electron chi connectivity index (χ0n) is 12.7. The molecule has 0 saturated heterocycles. The number of ether oxygens (including phenoxy) is 1. The first-order chi connectivity index (χ1) is 10.5. The van der Waals surface area contributed by atoms with Crippen molar-refractivity contribution in [1.82, 2.24) is 0 Å². The number of carbonyl (C=O) groups excluding carboxylic acids is 2. The number of rotatable bonds is 5. The maximum absolute atomic E-state index is 12.2. The summed E-state index contributed by atoms with van der Waals surface area (Å²) in [6.45, 7) is 4.15. The highest BCUT2D eigenvalue weighted by molar-refractivity contribution is 5.92. The molecule has 0 bridgehead atoms. The molecule has 2 rings (SSSR count). The summed E-state index contributed by atoms with van der Waals surface area (Å²) in [4.78, 5) is 23.7. The van der Waals surface area contributed by atoms with E-state index in [0.29, 0.717) is 17.0 Å². The lowest BCUT2D eigenvalue weighted by molar-refractivity contribution is -0.127. The van der Waals surface area contributed by atoms with Gasteiger partial charge in [-0.1, -0.05) is 56.3 Å². The van der Waals surface area contributed by atoms with Gasteiger partial charge < -0.3 is 10.5 Å². The Balaban J connectivity index is 2.16. The molecule has 1 atom stereocenters. The zero-order chi connectivity index (χ0) is 16.1. The highest BCUT2D eigenvalue weighted by atomic mass is 16.5. The minimum Gasteiger partial charge on any atom is -0.444 e. The largest absolute Gasteiger partial charge is 0.444 e. The molecule has 0 saturated carbocycles. The second-order valence-corrected chi connectivity index (χ2v) is 5.38. The van der Waals surface area contributed by atoms with Crippen LogP contribution in [0, 0.1) is 0 Å². The molecular weight excluding hydrogens is 278 g/mol. The van der Waals surface area contributed by atoms with Crippen molar-refractivity contribution in [3.05, 3.63) is 71.3 Å². The van der Waals surface area contributed by atoms with Crippen molar-refractivity contribution < 1.29 is 14.3 Å². The van der Waals surface area contributed by atoms with E-state index in [4.69, 9.17) is 10.5 Å². The molecule has 4 nitrogen and oxygen atoms in total. The number of primary amides is 1. The van der Waals surface area contributed by atoms with Crippen molar-refractivity contribution in [3.63, 3.8) is 0 Å². The SMILES string of the molecule is CC(C)c1ccc(C(=O)OC(C(N)=O)c2ccccc2)cc1. The third kappa shape index (κ3) is 3.73. The summed E-state index contributed by atoms with van der Waals surface area (Å²) in [6.07, 6.45) is -1.08. The van der Waals surface area contributed by atoms with Crippen molar-refractivity contribution in [1.29, 1.82) is 0 Å². The normalized spacial score (nSPS) is 12.0. The quantitative estimate of drug-likeness (QED) is 0.862. The first-order valence-corrected chi connectivity index (χ1v) is 7.14. The lowest BCUT2D eigenvalue weighted by Crippen LogP contribution is -2.26. The second-order valence-electron chi connectivity index (χ2n) is 5.38. The molecule has 0 aliphatic rings. The molecule has 0 aliphatic carbocycles. The van der Waals surface area contributed by atoms with Gasteiger partial charge in [-0.05, 0) is 23.6 Å². The van der Waals surface area contributed by atoms with Crippen LogP contribution >= 0.6 is 0 Å². The Morgan fingerprint density at radius 3 is 2.00 bits per heavy atom. The van der Waals surface area contributed by atoms with Gasteiger partial charge in [-0.3, -0.25) is 4.79 Å². The minimum absolute atomic E-state index is 0.382. The van der Waals surface area contributed by atoms with Crippen LogP contribution in [-0.2, 0) is 9.53 Å². The summed E-state index contributed by atoms with van der Waals surface area (Å²) in [5, 5.41) is 0. The Morgan fingerprint density at radius 2 is 1.50 bits per heavy atom. The molecule has 0 radical (unpaired) electrons. The summed E-state index contributed by atoms with van der Waals surface area (Å²) < 4.78 is 5.27. The van der Waals surface area contributed by atoms with Crippen molar-refractivity contribution in [2.24, 2.45) is 5.73 Å². The molecule has 2 aromatic rings. The number of nitrogens with two attached hydrogens (primary N) is 1. The number of hydrogen-bond acceptors (Lipinski definition) is 3. The van der Waals surface area contributed by atoms with Gasteiger partial charge in [0.05, 0.1) is 5.56 Å². The highest BCUT2D eigenvalue weighted by Crippen LogP contribution is 2.20. The number of amides is 1. The van der Waals surface area contributed by atoms with Gasteiger partial charge in [-0.15, -0.1) is 0 Å². The van der Waals surface area contributed by atoms with Crippen LogP contribution in [0.3, 0.4) is 0 Å². The lowest BCUT2D eigenvalue weighted by Gasteiger charge is -2.15. The van der Waals surface area contributed by atoms with E-state index < -0.39 is 18.0 Å². The summed E-state index contributed by atoms with van der Waals surface area (Å²) >= 11 is 0. The number of carbonyl (C=O) groups is 2. The van der Waals surface area contributed by atoms with E-state index in [0.717, 1.165) is 5.56 Å². The summed E-state index contributed by atoms with van der Waals surface area (Å²) in [7, 11) is 0. The average molecular weight is 297 g/mol. The summed E-state index contributed by atoms with van der Waals surface area (Å²) in [5.74, 6) is -0.880. The number of esters is 1. The monoisotopic (exact) mass is 297 g/mol. The van der Waals surface area contributed by atoms with Crippen LogP contribution in [-0.4, -0.2) is 11.9 Å². The lowest BCUT2D eigenvalue weighted by atomic mass is 10.0. The molecule has 2 aromatic carbocycles. The molecule has 0 fully saturated rings. The smallest absolute Gasteiger partial charge is 0.339 e. The zero-order valence-corrected chi connectivity index (χ0v) is 12.7. The van der Waals surface area contributed by atoms with Crippen LogP contribution in [0.4, 0.5) is 0 Å². The van der Waals surface area contributed by atoms with Crippen LogP contribution in [0.1, 0.15) is 47.4 Å². The van der Waals surface area contributed by atoms with Gasteiger partial charge in [0.1, 0.15) is 0 Å². The highest BCUT2D eigenvalue weighted by Gasteiger charge is 2.23. The van der Waals surface area contributed by atoms with Crippen LogP contribution in [0.25, 0.3) is 0 Å². The molecular formula is C18H19NO3. The van der Waals surface area contributed by atoms with Gasteiger partial charge in [0.15, 0.2) is 0 Å². The Kier molecular flexibility index (Phi) is 4.94. The fourth-order valence-corrected chi connectivity index (χ4v) is 2.10. The molecule has 114 valence electrons. The van der Waals surface area contributed by atoms with Crippen molar-refractivity contribution in [3.8, 4) is 0 Å². The maximum Gasteiger partial charge on any atom is 0.339 e. The number of benzene rings is 2. The molecule has 0 heterocycles. The predicted octanol–water partition coefficient (Wildman–Crippen LogP) is 3.19. The molecule has 1 unspecified atom stereocenters. The van der Waals surface area contributed by atoms with Gasteiger partial charge in [0, 0.05) is 5.56 Å². The third-order valence-corrected chi connectivity index (χ3v) is 3.40. The molecule has 0 spiro atoms. The van der Waals surface area contributed by atoms with Gasteiger partial charge in [-0.25, -0.2) is 4.79 Å². The third-order valence-electron chi connectivity index (χ3n) is 3.40. The molecule has 4 heteroatoms. The van der Waals surface area contributed by atoms with E-state index >= 15 is 0 Å². The van der Waals surface area contributed by atoms with Gasteiger partial charge in [-0.2, -0.15) is 0 Å². The van der Waals surface area contributed by atoms with Gasteiger partial charge >= 0.3 is 5.97 Å². The Labute approximate surface area is 129 Å². The van der Waals surface area contributed by atoms with E-state index in [1.54, 1.807) is 36.4 Å². The van der Waals surface area contributed by atoms with Crippen molar-refractivity contribution in [2.45, 2.75) is 25.9 Å². The molecule has 1 amide bonds. The Hall–Kier alpha value is -2.62. The van der Waals surface area contributed by atoms with E-state index in [-0.39, 0.29) is 0 Å². The Bertz CT molecular complexity index is 648. The molecule has 0 aromatic heterocycles. The van der Waals surface area contributed by atoms with Crippen molar-refractivity contribution >= 4 is 11.9 Å². The maximum atomic E-state index is 12.2. The first kappa shape index (κ1) is 15.8. The van der Waals surface area contributed by atoms with Crippen LogP contribution in [0.15, 0.2) is 54.6 Å². The summed E-state index contributed by atoms with van der Waals surface area (Å²) in [5.41, 5.74) is 7.43. The van der Waals surface area contributed by atoms with E-state index in [1.807, 2.05) is 18.2 Å². The van der Waals surface area contributed by atoms with Crippen LogP contribution < -0.4 is 5.73 Å². The second kappa shape index (κ2) is 6.89. The topological polar surface area (TPSA) is 69.4 Å². The molecule has 22 heavy (non-hydrogen) atoms. The minimum atomic E-state index is -1.08. The van der Waals surface area contributed by atoms with Gasteiger partial charge in [0.2, 0.25) is 6.10 Å². The van der Waals surface area contributed by atoms with E-state index in [1.165, 1.54) is 0 Å². The van der Waals surface area contributed by atoms with E-state index in [2.05, 4.69) is 13.8 Å². The van der Waals surface area contributed by atoms with Gasteiger partial charge in [0.25, 0.3) is 5.91 Å². The summed E-state index contributed by atoms with van der Waals surface area (Å²) in [6, 6.07) is 15.9. The molecule has 2 N–H and O–H groups in total. The Morgan fingerprint density at radius 1 is 0.909 bits per heavy atom. The molecule has 0 aliphatic heterocycles. The van der Waals surface area contributed by atoms with Crippen molar-refractivity contribution in [2.75, 3.05) is 0 Å². The van der Waals surface area contributed by atoms with Crippen LogP contribution in [0.2, 0.25) is 0 Å². The fraction of sp³-hybridized carbons (Fsp3) is 0.222. The first-order valence-electron chi connectivity index (χ1n) is 7.14. The predicted molar refractivity (Wildman–Crippen MR) is 84.3 cm³/mol. The average Bonchev–Trinajstić information content (AvgIpc) is 2.53. The van der Waals surface area contributed by atoms with E-state index in [9.17, 15) is 9.59 Å². The number of hydrogen-bond donors (Lipinski definition) is 1. The standard InChI is InChI=1S/C18H19NO3/c1-12(2)13-8-10-15(11-9-13)18(21)22-16(17(19)20)14-6-4-3-5-7-14/h3-12,16H,1-2H3,(H2,19,20). The van der Waals surface area contributed by atoms with Crippen LogP contribution in [0.5, 0.6) is 0 Å².